The number of alkyl halides is 3. The fraction of sp³-hybridized carbons (Fsp3) is 0.455. The van der Waals surface area contributed by atoms with Crippen molar-refractivity contribution in [3.63, 3.8) is 0 Å². The highest BCUT2D eigenvalue weighted by molar-refractivity contribution is 7.89. The van der Waals surface area contributed by atoms with Crippen LogP contribution in [0.3, 0.4) is 0 Å². The van der Waals surface area contributed by atoms with E-state index >= 15 is 0 Å². The summed E-state index contributed by atoms with van der Waals surface area (Å²) in [5.74, 6) is -0.648. The Labute approximate surface area is 108 Å². The number of halogens is 3. The summed E-state index contributed by atoms with van der Waals surface area (Å²) < 4.78 is 65.0. The van der Waals surface area contributed by atoms with E-state index in [1.807, 2.05) is 0 Å². The van der Waals surface area contributed by atoms with Crippen LogP contribution in [-0.2, 0) is 16.2 Å². The zero-order chi connectivity index (χ0) is 14.3. The molecule has 1 aromatic rings. The number of primary sulfonamides is 1. The third-order valence-electron chi connectivity index (χ3n) is 2.94. The number of hydrogen-bond donors (Lipinski definition) is 1. The molecular formula is C11H12F3NO3S. The second-order valence-corrected chi connectivity index (χ2v) is 6.07. The summed E-state index contributed by atoms with van der Waals surface area (Å²) in [7, 11) is -3.68. The summed E-state index contributed by atoms with van der Waals surface area (Å²) in [5, 5.41) is 4.97. The highest BCUT2D eigenvalue weighted by Crippen LogP contribution is 2.39. The molecule has 2 N–H and O–H groups in total. The fourth-order valence-electron chi connectivity index (χ4n) is 2.09. The van der Waals surface area contributed by atoms with Crippen LogP contribution in [0, 0.1) is 0 Å². The van der Waals surface area contributed by atoms with E-state index in [1.54, 1.807) is 0 Å². The maximum Gasteiger partial charge on any atom is 0.416 e. The second kappa shape index (κ2) is 4.68. The number of rotatable bonds is 2. The topological polar surface area (TPSA) is 69.4 Å². The largest absolute Gasteiger partial charge is 0.493 e. The van der Waals surface area contributed by atoms with Gasteiger partial charge in [0.2, 0.25) is 10.0 Å². The van der Waals surface area contributed by atoms with Crippen molar-refractivity contribution in [2.75, 3.05) is 12.4 Å². The first-order valence-corrected chi connectivity index (χ1v) is 7.23. The van der Waals surface area contributed by atoms with Crippen molar-refractivity contribution in [2.45, 2.75) is 18.5 Å². The summed E-state index contributed by atoms with van der Waals surface area (Å²) >= 11 is 0. The fourth-order valence-corrected chi connectivity index (χ4v) is 3.00. The molecule has 0 saturated heterocycles. The summed E-state index contributed by atoms with van der Waals surface area (Å²) in [6.07, 6.45) is -4.04. The molecule has 0 spiro atoms. The number of sulfonamides is 1. The van der Waals surface area contributed by atoms with Crippen molar-refractivity contribution >= 4 is 10.0 Å². The normalized spacial score (nSPS) is 19.7. The number of nitrogens with two attached hydrogens (primary N) is 1. The molecule has 0 bridgehead atoms. The Morgan fingerprint density at radius 1 is 1.37 bits per heavy atom. The Hall–Kier alpha value is -1.28. The predicted octanol–water partition coefficient (Wildman–Crippen LogP) is 1.86. The van der Waals surface area contributed by atoms with Gasteiger partial charge < -0.3 is 4.74 Å². The van der Waals surface area contributed by atoms with Crippen LogP contribution >= 0.6 is 0 Å². The zero-order valence-electron chi connectivity index (χ0n) is 9.77. The highest BCUT2D eigenvalue weighted by Gasteiger charge is 2.33. The average Bonchev–Trinajstić information content (AvgIpc) is 2.25. The van der Waals surface area contributed by atoms with Gasteiger partial charge in [-0.2, -0.15) is 13.2 Å². The van der Waals surface area contributed by atoms with Gasteiger partial charge in [-0.05, 0) is 24.1 Å². The third kappa shape index (κ3) is 3.38. The number of ether oxygens (including phenoxy) is 1. The first-order chi connectivity index (χ1) is 8.67. The van der Waals surface area contributed by atoms with E-state index in [1.165, 1.54) is 6.07 Å². The Morgan fingerprint density at radius 3 is 2.63 bits per heavy atom. The maximum atomic E-state index is 12.6. The molecule has 0 aliphatic carbocycles. The first-order valence-electron chi connectivity index (χ1n) is 5.51. The summed E-state index contributed by atoms with van der Waals surface area (Å²) in [5.41, 5.74) is -0.365. The molecule has 0 radical (unpaired) electrons. The number of fused-ring (bicyclic) bond motifs is 1. The molecular weight excluding hydrogens is 283 g/mol. The molecule has 1 heterocycles. The quantitative estimate of drug-likeness (QED) is 0.905. The lowest BCUT2D eigenvalue weighted by Crippen LogP contribution is -2.26. The van der Waals surface area contributed by atoms with Gasteiger partial charge in [-0.3, -0.25) is 0 Å². The van der Waals surface area contributed by atoms with Crippen LogP contribution in [0.1, 0.15) is 23.5 Å². The molecule has 2 rings (SSSR count). The molecule has 1 aliphatic heterocycles. The van der Waals surface area contributed by atoms with Crippen LogP contribution < -0.4 is 9.88 Å². The van der Waals surface area contributed by atoms with Gasteiger partial charge >= 0.3 is 6.18 Å². The lowest BCUT2D eigenvalue weighted by atomic mass is 9.94. The molecule has 106 valence electrons. The van der Waals surface area contributed by atoms with Crippen molar-refractivity contribution < 1.29 is 26.3 Å². The SMILES string of the molecule is NS(=O)(=O)C[C@H]1CCOc2cc(C(F)(F)F)ccc21. The van der Waals surface area contributed by atoms with E-state index in [0.29, 0.717) is 12.0 Å². The molecule has 0 amide bonds. The number of benzene rings is 1. The Morgan fingerprint density at radius 2 is 2.05 bits per heavy atom. The smallest absolute Gasteiger partial charge is 0.416 e. The highest BCUT2D eigenvalue weighted by atomic mass is 32.2. The standard InChI is InChI=1S/C11H12F3NO3S/c12-11(13,14)8-1-2-9-7(6-19(15,16)17)3-4-18-10(9)5-8/h1-2,5,7H,3-4,6H2,(H2,15,16,17)/t7-/m1/s1. The van der Waals surface area contributed by atoms with Crippen molar-refractivity contribution in [3.8, 4) is 5.75 Å². The van der Waals surface area contributed by atoms with E-state index in [9.17, 15) is 21.6 Å². The second-order valence-electron chi connectivity index (χ2n) is 4.41. The molecule has 8 heteroatoms. The molecule has 0 saturated carbocycles. The molecule has 0 unspecified atom stereocenters. The molecule has 1 aromatic carbocycles. The van der Waals surface area contributed by atoms with E-state index < -0.39 is 27.7 Å². The monoisotopic (exact) mass is 295 g/mol. The molecule has 4 nitrogen and oxygen atoms in total. The summed E-state index contributed by atoms with van der Waals surface area (Å²) in [6.45, 7) is 0.175. The van der Waals surface area contributed by atoms with Gasteiger partial charge in [0, 0.05) is 5.92 Å². The van der Waals surface area contributed by atoms with Gasteiger partial charge in [-0.15, -0.1) is 0 Å². The minimum Gasteiger partial charge on any atom is -0.493 e. The third-order valence-corrected chi connectivity index (χ3v) is 3.81. The molecule has 1 atom stereocenters. The van der Waals surface area contributed by atoms with E-state index in [2.05, 4.69) is 0 Å². The van der Waals surface area contributed by atoms with Gasteiger partial charge in [0.25, 0.3) is 0 Å². The summed E-state index contributed by atoms with van der Waals surface area (Å²) in [6, 6.07) is 3.07. The van der Waals surface area contributed by atoms with Gasteiger partial charge in [-0.1, -0.05) is 6.07 Å². The van der Waals surface area contributed by atoms with Crippen molar-refractivity contribution in [3.05, 3.63) is 29.3 Å². The Bertz CT molecular complexity index is 583. The van der Waals surface area contributed by atoms with Gasteiger partial charge in [0.05, 0.1) is 17.9 Å². The Kier molecular flexibility index (Phi) is 3.48. The van der Waals surface area contributed by atoms with Crippen LogP contribution in [0.5, 0.6) is 5.75 Å². The molecule has 0 fully saturated rings. The van der Waals surface area contributed by atoms with Gasteiger partial charge in [-0.25, -0.2) is 13.6 Å². The van der Waals surface area contributed by atoms with Crippen molar-refractivity contribution in [1.29, 1.82) is 0 Å². The number of hydrogen-bond acceptors (Lipinski definition) is 3. The van der Waals surface area contributed by atoms with Gasteiger partial charge in [0.1, 0.15) is 5.75 Å². The molecule has 1 aliphatic rings. The molecule has 0 aromatic heterocycles. The van der Waals surface area contributed by atoms with Crippen LogP contribution in [0.2, 0.25) is 0 Å². The molecule has 19 heavy (non-hydrogen) atoms. The van der Waals surface area contributed by atoms with Crippen LogP contribution in [0.4, 0.5) is 13.2 Å². The van der Waals surface area contributed by atoms with Crippen molar-refractivity contribution in [2.24, 2.45) is 5.14 Å². The minimum atomic E-state index is -4.45. The lowest BCUT2D eigenvalue weighted by molar-refractivity contribution is -0.137. The first kappa shape index (κ1) is 14.1. The Balaban J connectivity index is 2.36. The predicted molar refractivity (Wildman–Crippen MR) is 62.3 cm³/mol. The van der Waals surface area contributed by atoms with Gasteiger partial charge in [0.15, 0.2) is 0 Å². The zero-order valence-corrected chi connectivity index (χ0v) is 10.6. The average molecular weight is 295 g/mol. The van der Waals surface area contributed by atoms with E-state index in [4.69, 9.17) is 9.88 Å². The lowest BCUT2D eigenvalue weighted by Gasteiger charge is -2.26. The van der Waals surface area contributed by atoms with Crippen LogP contribution in [0.25, 0.3) is 0 Å². The van der Waals surface area contributed by atoms with E-state index in [0.717, 1.165) is 12.1 Å². The van der Waals surface area contributed by atoms with Crippen LogP contribution in [0.15, 0.2) is 18.2 Å². The van der Waals surface area contributed by atoms with Crippen LogP contribution in [-0.4, -0.2) is 20.8 Å². The maximum absolute atomic E-state index is 12.6. The van der Waals surface area contributed by atoms with E-state index in [-0.39, 0.29) is 18.1 Å². The summed E-state index contributed by atoms with van der Waals surface area (Å²) in [4.78, 5) is 0. The minimum absolute atomic E-state index is 0.0784. The van der Waals surface area contributed by atoms with Crippen molar-refractivity contribution in [1.82, 2.24) is 0 Å².